The van der Waals surface area contributed by atoms with Crippen LogP contribution in [0, 0.1) is 6.92 Å². The molecular weight excluding hydrogens is 252 g/mol. The van der Waals surface area contributed by atoms with E-state index in [2.05, 4.69) is 46.9 Å². The van der Waals surface area contributed by atoms with Crippen LogP contribution < -0.4 is 5.32 Å². The van der Waals surface area contributed by atoms with E-state index in [4.69, 9.17) is 0 Å². The lowest BCUT2D eigenvalue weighted by Gasteiger charge is -2.09. The Kier molecular flexibility index (Phi) is 3.95. The van der Waals surface area contributed by atoms with Gasteiger partial charge in [0.05, 0.1) is 10.7 Å². The van der Waals surface area contributed by atoms with Crippen molar-refractivity contribution in [3.05, 3.63) is 51.5 Å². The van der Waals surface area contributed by atoms with E-state index in [1.165, 1.54) is 24.1 Å². The zero-order valence-corrected chi connectivity index (χ0v) is 12.2. The first-order valence-corrected chi connectivity index (χ1v) is 7.90. The van der Waals surface area contributed by atoms with E-state index < -0.39 is 0 Å². The van der Waals surface area contributed by atoms with Gasteiger partial charge in [-0.15, -0.1) is 11.3 Å². The predicted octanol–water partition coefficient (Wildman–Crippen LogP) is 3.66. The second kappa shape index (κ2) is 5.85. The van der Waals surface area contributed by atoms with Gasteiger partial charge in [-0.25, -0.2) is 4.98 Å². The summed E-state index contributed by atoms with van der Waals surface area (Å²) in [7, 11) is 0. The molecule has 1 aliphatic carbocycles. The minimum Gasteiger partial charge on any atom is -0.312 e. The predicted molar refractivity (Wildman–Crippen MR) is 80.7 cm³/mol. The molecule has 19 heavy (non-hydrogen) atoms. The van der Waals surface area contributed by atoms with Crippen LogP contribution in [-0.2, 0) is 13.0 Å². The molecule has 1 aromatic heterocycles. The SMILES string of the molecule is Cc1nc(CCNCc2ccccc2C2CC2)cs1. The highest BCUT2D eigenvalue weighted by Gasteiger charge is 2.25. The van der Waals surface area contributed by atoms with Gasteiger partial charge in [-0.05, 0) is 36.8 Å². The second-order valence-corrected chi connectivity index (χ2v) is 6.32. The number of hydrogen-bond acceptors (Lipinski definition) is 3. The topological polar surface area (TPSA) is 24.9 Å². The maximum atomic E-state index is 4.49. The van der Waals surface area contributed by atoms with Gasteiger partial charge in [-0.2, -0.15) is 0 Å². The van der Waals surface area contributed by atoms with Crippen molar-refractivity contribution in [2.75, 3.05) is 6.54 Å². The maximum Gasteiger partial charge on any atom is 0.0897 e. The molecule has 0 unspecified atom stereocenters. The van der Waals surface area contributed by atoms with Gasteiger partial charge in [0.25, 0.3) is 0 Å². The van der Waals surface area contributed by atoms with Gasteiger partial charge in [0.15, 0.2) is 0 Å². The highest BCUT2D eigenvalue weighted by Crippen LogP contribution is 2.41. The van der Waals surface area contributed by atoms with Gasteiger partial charge in [0.1, 0.15) is 0 Å². The number of thiazole rings is 1. The van der Waals surface area contributed by atoms with Gasteiger partial charge >= 0.3 is 0 Å². The number of rotatable bonds is 6. The minimum atomic E-state index is 0.833. The summed E-state index contributed by atoms with van der Waals surface area (Å²) in [6.07, 6.45) is 3.76. The van der Waals surface area contributed by atoms with Gasteiger partial charge in [0.2, 0.25) is 0 Å². The van der Waals surface area contributed by atoms with E-state index in [1.54, 1.807) is 16.9 Å². The summed E-state index contributed by atoms with van der Waals surface area (Å²) in [6, 6.07) is 8.86. The number of nitrogens with zero attached hydrogens (tertiary/aromatic N) is 1. The third-order valence-corrected chi connectivity index (χ3v) is 4.43. The molecular formula is C16H20N2S. The normalized spacial score (nSPS) is 14.8. The Bertz CT molecular complexity index is 543. The van der Waals surface area contributed by atoms with E-state index in [0.29, 0.717) is 0 Å². The molecule has 1 saturated carbocycles. The monoisotopic (exact) mass is 272 g/mol. The molecule has 0 amide bonds. The molecule has 0 saturated heterocycles. The van der Waals surface area contributed by atoms with Crippen molar-refractivity contribution in [2.45, 2.75) is 38.6 Å². The first-order valence-electron chi connectivity index (χ1n) is 7.02. The van der Waals surface area contributed by atoms with Gasteiger partial charge in [-0.1, -0.05) is 24.3 Å². The summed E-state index contributed by atoms with van der Waals surface area (Å²) in [5.41, 5.74) is 4.24. The van der Waals surface area contributed by atoms with Crippen LogP contribution in [0.5, 0.6) is 0 Å². The molecule has 0 bridgehead atoms. The molecule has 0 aliphatic heterocycles. The number of aryl methyl sites for hydroxylation is 1. The largest absolute Gasteiger partial charge is 0.312 e. The average Bonchev–Trinajstić information content (AvgIpc) is 3.19. The Balaban J connectivity index is 1.49. The van der Waals surface area contributed by atoms with Crippen LogP contribution in [0.15, 0.2) is 29.6 Å². The minimum absolute atomic E-state index is 0.833. The number of nitrogens with one attached hydrogen (secondary N) is 1. The van der Waals surface area contributed by atoms with Gasteiger partial charge in [-0.3, -0.25) is 0 Å². The van der Waals surface area contributed by atoms with Crippen LogP contribution in [0.25, 0.3) is 0 Å². The Labute approximate surface area is 118 Å². The second-order valence-electron chi connectivity index (χ2n) is 5.26. The molecule has 0 radical (unpaired) electrons. The molecule has 0 atom stereocenters. The number of benzene rings is 1. The highest BCUT2D eigenvalue weighted by atomic mass is 32.1. The van der Waals surface area contributed by atoms with E-state index >= 15 is 0 Å². The van der Waals surface area contributed by atoms with Crippen molar-refractivity contribution in [3.63, 3.8) is 0 Å². The Morgan fingerprint density at radius 2 is 2.16 bits per heavy atom. The molecule has 0 spiro atoms. The van der Waals surface area contributed by atoms with E-state index in [-0.39, 0.29) is 0 Å². The van der Waals surface area contributed by atoms with Gasteiger partial charge < -0.3 is 5.32 Å². The van der Waals surface area contributed by atoms with Crippen molar-refractivity contribution >= 4 is 11.3 Å². The quantitative estimate of drug-likeness (QED) is 0.812. The summed E-state index contributed by atoms with van der Waals surface area (Å²) in [5, 5.41) is 6.87. The van der Waals surface area contributed by atoms with Gasteiger partial charge in [0, 0.05) is 24.9 Å². The first kappa shape index (κ1) is 12.8. The summed E-state index contributed by atoms with van der Waals surface area (Å²) in [5.74, 6) is 0.833. The fourth-order valence-corrected chi connectivity index (χ4v) is 3.10. The van der Waals surface area contributed by atoms with Crippen molar-refractivity contribution in [2.24, 2.45) is 0 Å². The average molecular weight is 272 g/mol. The van der Waals surface area contributed by atoms with Crippen molar-refractivity contribution in [1.82, 2.24) is 10.3 Å². The van der Waals surface area contributed by atoms with Crippen molar-refractivity contribution < 1.29 is 0 Å². The van der Waals surface area contributed by atoms with E-state index in [1.807, 2.05) is 0 Å². The lowest BCUT2D eigenvalue weighted by molar-refractivity contribution is 0.676. The smallest absolute Gasteiger partial charge is 0.0897 e. The fraction of sp³-hybridized carbons (Fsp3) is 0.438. The molecule has 2 aromatic rings. The van der Waals surface area contributed by atoms with Crippen LogP contribution in [0.4, 0.5) is 0 Å². The third kappa shape index (κ3) is 3.43. The molecule has 1 aromatic carbocycles. The fourth-order valence-electron chi connectivity index (χ4n) is 2.45. The van der Waals surface area contributed by atoms with Crippen molar-refractivity contribution in [3.8, 4) is 0 Å². The molecule has 1 aliphatic rings. The Hall–Kier alpha value is -1.19. The van der Waals surface area contributed by atoms with Crippen molar-refractivity contribution in [1.29, 1.82) is 0 Å². The van der Waals surface area contributed by atoms with Crippen LogP contribution in [0.2, 0.25) is 0 Å². The molecule has 3 rings (SSSR count). The van der Waals surface area contributed by atoms with Crippen LogP contribution in [0.1, 0.15) is 40.6 Å². The van der Waals surface area contributed by atoms with Crippen LogP contribution in [-0.4, -0.2) is 11.5 Å². The summed E-state index contributed by atoms with van der Waals surface area (Å²) in [4.78, 5) is 4.49. The summed E-state index contributed by atoms with van der Waals surface area (Å²) >= 11 is 1.73. The third-order valence-electron chi connectivity index (χ3n) is 3.61. The molecule has 1 fully saturated rings. The lowest BCUT2D eigenvalue weighted by Crippen LogP contribution is -2.17. The zero-order chi connectivity index (χ0) is 13.1. The Morgan fingerprint density at radius 1 is 1.32 bits per heavy atom. The maximum absolute atomic E-state index is 4.49. The number of aromatic nitrogens is 1. The number of hydrogen-bond donors (Lipinski definition) is 1. The Morgan fingerprint density at radius 3 is 2.89 bits per heavy atom. The molecule has 3 heteroatoms. The molecule has 1 heterocycles. The first-order chi connectivity index (χ1) is 9.33. The lowest BCUT2D eigenvalue weighted by atomic mass is 10.0. The molecule has 1 N–H and O–H groups in total. The van der Waals surface area contributed by atoms with E-state index in [9.17, 15) is 0 Å². The molecule has 100 valence electrons. The summed E-state index contributed by atoms with van der Waals surface area (Å²) in [6.45, 7) is 4.05. The highest BCUT2D eigenvalue weighted by molar-refractivity contribution is 7.09. The standard InChI is InChI=1S/C16H20N2S/c1-12-18-15(11-19-12)8-9-17-10-14-4-2-3-5-16(14)13-6-7-13/h2-5,11,13,17H,6-10H2,1H3. The van der Waals surface area contributed by atoms with Crippen LogP contribution >= 0.6 is 11.3 Å². The van der Waals surface area contributed by atoms with E-state index in [0.717, 1.165) is 30.4 Å². The molecule has 2 nitrogen and oxygen atoms in total. The zero-order valence-electron chi connectivity index (χ0n) is 11.4. The van der Waals surface area contributed by atoms with Crippen LogP contribution in [0.3, 0.4) is 0 Å². The summed E-state index contributed by atoms with van der Waals surface area (Å²) < 4.78 is 0.